The maximum atomic E-state index is 11.8. The minimum absolute atomic E-state index is 0.106. The monoisotopic (exact) mass is 290 g/mol. The molecule has 0 aromatic rings. The van der Waals surface area contributed by atoms with Gasteiger partial charge in [0.2, 0.25) is 0 Å². The van der Waals surface area contributed by atoms with Crippen LogP contribution >= 0.6 is 0 Å². The van der Waals surface area contributed by atoms with Crippen molar-refractivity contribution in [2.75, 3.05) is 32.8 Å². The van der Waals surface area contributed by atoms with Gasteiger partial charge in [0.15, 0.2) is 0 Å². The Balaban J connectivity index is 2.55. The molecule has 1 rings (SSSR count). The Labute approximate surface area is 113 Å². The zero-order valence-corrected chi connectivity index (χ0v) is 11.8. The van der Waals surface area contributed by atoms with E-state index in [1.807, 2.05) is 9.62 Å². The molecule has 1 saturated heterocycles. The van der Waals surface area contributed by atoms with E-state index in [1.165, 1.54) is 4.31 Å². The van der Waals surface area contributed by atoms with Crippen LogP contribution in [-0.2, 0) is 14.9 Å². The van der Waals surface area contributed by atoms with Gasteiger partial charge in [-0.3, -0.25) is 4.90 Å². The first-order chi connectivity index (χ1) is 8.90. The molecule has 0 radical (unpaired) electrons. The van der Waals surface area contributed by atoms with Gasteiger partial charge in [-0.2, -0.15) is 18.0 Å². The Kier molecular flexibility index (Phi) is 5.53. The highest BCUT2D eigenvalue weighted by Crippen LogP contribution is 2.08. The lowest BCUT2D eigenvalue weighted by molar-refractivity contribution is 0.153. The van der Waals surface area contributed by atoms with Crippen LogP contribution in [0.25, 0.3) is 0 Å². The third-order valence-corrected chi connectivity index (χ3v) is 4.31. The highest BCUT2D eigenvalue weighted by Gasteiger charge is 2.30. The second-order valence-electron chi connectivity index (χ2n) is 4.07. The maximum absolute atomic E-state index is 11.8. The van der Waals surface area contributed by atoms with E-state index in [0.717, 1.165) is 0 Å². The first-order valence-electron chi connectivity index (χ1n) is 5.99. The molecule has 108 valence electrons. The molecular formula is C10H18N4O4S. The number of ether oxygens (including phenoxy) is 1. The van der Waals surface area contributed by atoms with E-state index in [9.17, 15) is 13.2 Å². The summed E-state index contributed by atoms with van der Waals surface area (Å²) in [6, 6.07) is 1.86. The van der Waals surface area contributed by atoms with Crippen molar-refractivity contribution in [2.45, 2.75) is 19.9 Å². The van der Waals surface area contributed by atoms with Crippen LogP contribution in [0.2, 0.25) is 0 Å². The summed E-state index contributed by atoms with van der Waals surface area (Å²) in [6.45, 7) is 4.85. The Bertz CT molecular complexity index is 451. The smallest absolute Gasteiger partial charge is 0.421 e. The van der Waals surface area contributed by atoms with Gasteiger partial charge in [0.05, 0.1) is 18.7 Å². The van der Waals surface area contributed by atoms with E-state index < -0.39 is 16.3 Å². The minimum Gasteiger partial charge on any atom is -0.449 e. The van der Waals surface area contributed by atoms with Gasteiger partial charge in [-0.05, 0) is 13.8 Å². The van der Waals surface area contributed by atoms with Gasteiger partial charge in [-0.15, -0.1) is 0 Å². The van der Waals surface area contributed by atoms with Crippen molar-refractivity contribution >= 4 is 16.3 Å². The molecule has 1 N–H and O–H groups in total. The van der Waals surface area contributed by atoms with E-state index in [-0.39, 0.29) is 25.7 Å². The SMILES string of the molecule is CCOC(=O)NS(=O)(=O)N1CCN(C(C)C#N)CC1. The van der Waals surface area contributed by atoms with Crippen LogP contribution in [0.15, 0.2) is 0 Å². The molecule has 9 heteroatoms. The summed E-state index contributed by atoms with van der Waals surface area (Å²) in [5.74, 6) is 0. The topological polar surface area (TPSA) is 103 Å². The summed E-state index contributed by atoms with van der Waals surface area (Å²) in [5.41, 5.74) is 0. The number of nitriles is 1. The number of piperazine rings is 1. The predicted octanol–water partition coefficient (Wildman–Crippen LogP) is -0.493. The number of rotatable bonds is 4. The molecule has 1 atom stereocenters. The van der Waals surface area contributed by atoms with Crippen molar-refractivity contribution < 1.29 is 17.9 Å². The molecule has 1 aliphatic heterocycles. The minimum atomic E-state index is -3.86. The molecule has 0 saturated carbocycles. The Morgan fingerprint density at radius 2 is 2.00 bits per heavy atom. The number of carbonyl (C=O) groups excluding carboxylic acids is 1. The van der Waals surface area contributed by atoms with Crippen molar-refractivity contribution in [2.24, 2.45) is 0 Å². The van der Waals surface area contributed by atoms with Crippen LogP contribution < -0.4 is 4.72 Å². The summed E-state index contributed by atoms with van der Waals surface area (Å²) in [7, 11) is -3.86. The molecule has 1 amide bonds. The van der Waals surface area contributed by atoms with Gasteiger partial charge < -0.3 is 4.74 Å². The van der Waals surface area contributed by atoms with Crippen molar-refractivity contribution in [3.63, 3.8) is 0 Å². The fourth-order valence-corrected chi connectivity index (χ4v) is 2.79. The van der Waals surface area contributed by atoms with Gasteiger partial charge in [-0.25, -0.2) is 9.52 Å². The highest BCUT2D eigenvalue weighted by atomic mass is 32.2. The van der Waals surface area contributed by atoms with Crippen LogP contribution in [0.4, 0.5) is 4.79 Å². The first-order valence-corrected chi connectivity index (χ1v) is 7.43. The lowest BCUT2D eigenvalue weighted by atomic mass is 10.2. The zero-order valence-electron chi connectivity index (χ0n) is 11.0. The lowest BCUT2D eigenvalue weighted by Gasteiger charge is -2.34. The van der Waals surface area contributed by atoms with Crippen LogP contribution in [0.3, 0.4) is 0 Å². The van der Waals surface area contributed by atoms with E-state index >= 15 is 0 Å². The van der Waals surface area contributed by atoms with Gasteiger partial charge in [0, 0.05) is 26.2 Å². The van der Waals surface area contributed by atoms with Gasteiger partial charge in [-0.1, -0.05) is 0 Å². The lowest BCUT2D eigenvalue weighted by Crippen LogP contribution is -2.54. The Morgan fingerprint density at radius 1 is 1.42 bits per heavy atom. The second-order valence-corrected chi connectivity index (χ2v) is 5.74. The normalized spacial score (nSPS) is 19.4. The average Bonchev–Trinajstić information content (AvgIpc) is 2.37. The van der Waals surface area contributed by atoms with Crippen LogP contribution in [-0.4, -0.2) is 62.5 Å². The molecule has 8 nitrogen and oxygen atoms in total. The summed E-state index contributed by atoms with van der Waals surface area (Å²) in [4.78, 5) is 13.0. The molecule has 0 aromatic carbocycles. The highest BCUT2D eigenvalue weighted by molar-refractivity contribution is 7.87. The van der Waals surface area contributed by atoms with E-state index in [0.29, 0.717) is 13.1 Å². The number of hydrogen-bond donors (Lipinski definition) is 1. The Morgan fingerprint density at radius 3 is 2.47 bits per heavy atom. The number of hydrogen-bond acceptors (Lipinski definition) is 6. The molecule has 0 spiro atoms. The number of carbonyl (C=O) groups is 1. The number of nitrogens with one attached hydrogen (secondary N) is 1. The summed E-state index contributed by atoms with van der Waals surface area (Å²) < 4.78 is 31.2. The average molecular weight is 290 g/mol. The fourth-order valence-electron chi connectivity index (χ4n) is 1.74. The number of amides is 1. The van der Waals surface area contributed by atoms with Gasteiger partial charge in [0.1, 0.15) is 0 Å². The van der Waals surface area contributed by atoms with Crippen molar-refractivity contribution in [1.82, 2.24) is 13.9 Å². The first kappa shape index (κ1) is 15.7. The van der Waals surface area contributed by atoms with E-state index in [4.69, 9.17) is 5.26 Å². The zero-order chi connectivity index (χ0) is 14.5. The molecule has 19 heavy (non-hydrogen) atoms. The molecule has 0 aromatic heterocycles. The second kappa shape index (κ2) is 6.70. The van der Waals surface area contributed by atoms with Crippen molar-refractivity contribution in [3.8, 4) is 6.07 Å². The number of nitrogens with zero attached hydrogens (tertiary/aromatic N) is 3. The molecule has 1 unspecified atom stereocenters. The van der Waals surface area contributed by atoms with E-state index in [1.54, 1.807) is 13.8 Å². The van der Waals surface area contributed by atoms with Crippen LogP contribution in [0.1, 0.15) is 13.8 Å². The van der Waals surface area contributed by atoms with Crippen molar-refractivity contribution in [1.29, 1.82) is 5.26 Å². The molecule has 0 bridgehead atoms. The summed E-state index contributed by atoms with van der Waals surface area (Å²) >= 11 is 0. The molecule has 1 fully saturated rings. The maximum Gasteiger partial charge on any atom is 0.421 e. The molecule has 0 aliphatic carbocycles. The molecule has 1 heterocycles. The van der Waals surface area contributed by atoms with Crippen molar-refractivity contribution in [3.05, 3.63) is 0 Å². The molecular weight excluding hydrogens is 272 g/mol. The summed E-state index contributed by atoms with van der Waals surface area (Å²) in [5, 5.41) is 8.79. The van der Waals surface area contributed by atoms with E-state index in [2.05, 4.69) is 10.8 Å². The van der Waals surface area contributed by atoms with Gasteiger partial charge >= 0.3 is 16.3 Å². The quantitative estimate of drug-likeness (QED) is 0.749. The van der Waals surface area contributed by atoms with Gasteiger partial charge in [0.25, 0.3) is 0 Å². The summed E-state index contributed by atoms with van der Waals surface area (Å²) in [6.07, 6.45) is -0.977. The predicted molar refractivity (Wildman–Crippen MR) is 67.3 cm³/mol. The molecule has 1 aliphatic rings. The fraction of sp³-hybridized carbons (Fsp3) is 0.800. The Hall–Kier alpha value is -1.37. The standard InChI is InChI=1S/C10H18N4O4S/c1-3-18-10(15)12-19(16,17)14-6-4-13(5-7-14)9(2)8-11/h9H,3-7H2,1-2H3,(H,12,15). The van der Waals surface area contributed by atoms with Crippen LogP contribution in [0, 0.1) is 11.3 Å². The third-order valence-electron chi connectivity index (χ3n) is 2.84. The largest absolute Gasteiger partial charge is 0.449 e. The third kappa shape index (κ3) is 4.34. The van der Waals surface area contributed by atoms with Crippen LogP contribution in [0.5, 0.6) is 0 Å².